The summed E-state index contributed by atoms with van der Waals surface area (Å²) in [5, 5.41) is 3.40. The molecule has 1 aliphatic heterocycles. The van der Waals surface area contributed by atoms with Gasteiger partial charge in [0.15, 0.2) is 0 Å². The Balaban J connectivity index is 1.56. The van der Waals surface area contributed by atoms with Crippen LogP contribution in [0.1, 0.15) is 22.8 Å². The predicted octanol–water partition coefficient (Wildman–Crippen LogP) is 3.99. The van der Waals surface area contributed by atoms with Crippen LogP contribution in [0.5, 0.6) is 0 Å². The molecule has 3 aromatic carbocycles. The molecule has 3 amide bonds. The third-order valence-corrected chi connectivity index (χ3v) is 6.51. The maximum atomic E-state index is 13.6. The summed E-state index contributed by atoms with van der Waals surface area (Å²) in [7, 11) is 3.85. The normalized spacial score (nSPS) is 13.2. The van der Waals surface area contributed by atoms with Crippen molar-refractivity contribution in [1.29, 1.82) is 0 Å². The standard InChI is InChI=1S/C28H27ClN4O4/c1-18(27(36)30-21-12-14-22(15-13-21)31(2)3)32(16-19-8-10-20(29)11-9-19)25(34)17-33-24-7-5-4-6-23(24)26(35)28(33)37/h4-15,18H,16-17H2,1-3H3,(H,30,36). The van der Waals surface area contributed by atoms with Crippen molar-refractivity contribution in [2.75, 3.05) is 35.8 Å². The molecule has 0 aliphatic carbocycles. The number of nitrogens with zero attached hydrogens (tertiary/aromatic N) is 3. The van der Waals surface area contributed by atoms with Crippen molar-refractivity contribution in [2.24, 2.45) is 0 Å². The molecule has 0 spiro atoms. The fraction of sp³-hybridized carbons (Fsp3) is 0.214. The van der Waals surface area contributed by atoms with Gasteiger partial charge in [-0.05, 0) is 61.0 Å². The molecule has 9 heteroatoms. The fourth-order valence-corrected chi connectivity index (χ4v) is 4.22. The maximum absolute atomic E-state index is 13.6. The van der Waals surface area contributed by atoms with Crippen LogP contribution in [0.3, 0.4) is 0 Å². The molecule has 37 heavy (non-hydrogen) atoms. The Labute approximate surface area is 220 Å². The van der Waals surface area contributed by atoms with Crippen LogP contribution in [0.25, 0.3) is 0 Å². The zero-order valence-electron chi connectivity index (χ0n) is 20.8. The first-order valence-electron chi connectivity index (χ1n) is 11.7. The van der Waals surface area contributed by atoms with Gasteiger partial charge in [0.1, 0.15) is 12.6 Å². The minimum absolute atomic E-state index is 0.113. The molecule has 8 nitrogen and oxygen atoms in total. The number of benzene rings is 3. The van der Waals surface area contributed by atoms with E-state index in [-0.39, 0.29) is 24.6 Å². The van der Waals surface area contributed by atoms with Gasteiger partial charge in [0.2, 0.25) is 11.8 Å². The van der Waals surface area contributed by atoms with Gasteiger partial charge in [-0.25, -0.2) is 0 Å². The first-order chi connectivity index (χ1) is 17.7. The lowest BCUT2D eigenvalue weighted by molar-refractivity contribution is -0.138. The van der Waals surface area contributed by atoms with E-state index in [0.717, 1.165) is 11.3 Å². The van der Waals surface area contributed by atoms with Gasteiger partial charge in [-0.2, -0.15) is 0 Å². The molecule has 0 fully saturated rings. The Hall–Kier alpha value is -4.17. The fourth-order valence-electron chi connectivity index (χ4n) is 4.09. The van der Waals surface area contributed by atoms with Crippen LogP contribution < -0.4 is 15.1 Å². The van der Waals surface area contributed by atoms with Crippen LogP contribution >= 0.6 is 11.6 Å². The summed E-state index contributed by atoms with van der Waals surface area (Å²) in [6.45, 7) is 1.37. The molecule has 0 saturated heterocycles. The van der Waals surface area contributed by atoms with E-state index in [4.69, 9.17) is 11.6 Å². The molecule has 0 bridgehead atoms. The average Bonchev–Trinajstić information content (AvgIpc) is 3.13. The second kappa shape index (κ2) is 10.8. The third kappa shape index (κ3) is 5.65. The topological polar surface area (TPSA) is 90.0 Å². The molecule has 0 aromatic heterocycles. The number of carbonyl (C=O) groups is 4. The van der Waals surface area contributed by atoms with Gasteiger partial charge in [-0.3, -0.25) is 24.1 Å². The van der Waals surface area contributed by atoms with Gasteiger partial charge >= 0.3 is 0 Å². The zero-order chi connectivity index (χ0) is 26.7. The van der Waals surface area contributed by atoms with E-state index < -0.39 is 23.6 Å². The predicted molar refractivity (Wildman–Crippen MR) is 144 cm³/mol. The maximum Gasteiger partial charge on any atom is 0.299 e. The van der Waals surface area contributed by atoms with Crippen molar-refractivity contribution < 1.29 is 19.2 Å². The summed E-state index contributed by atoms with van der Waals surface area (Å²) in [6.07, 6.45) is 0. The van der Waals surface area contributed by atoms with Crippen molar-refractivity contribution >= 4 is 52.2 Å². The molecule has 0 radical (unpaired) electrons. The highest BCUT2D eigenvalue weighted by Gasteiger charge is 2.38. The first kappa shape index (κ1) is 25.9. The zero-order valence-corrected chi connectivity index (χ0v) is 21.5. The van der Waals surface area contributed by atoms with Crippen LogP contribution in [0.2, 0.25) is 5.02 Å². The lowest BCUT2D eigenvalue weighted by Crippen LogP contribution is -2.49. The highest BCUT2D eigenvalue weighted by atomic mass is 35.5. The second-order valence-electron chi connectivity index (χ2n) is 8.99. The molecular weight excluding hydrogens is 492 g/mol. The van der Waals surface area contributed by atoms with Gasteiger partial charge in [0, 0.05) is 37.0 Å². The summed E-state index contributed by atoms with van der Waals surface area (Å²) in [5.41, 5.74) is 2.98. The number of nitrogens with one attached hydrogen (secondary N) is 1. The number of carbonyl (C=O) groups excluding carboxylic acids is 4. The number of fused-ring (bicyclic) bond motifs is 1. The van der Waals surface area contributed by atoms with E-state index >= 15 is 0 Å². The summed E-state index contributed by atoms with van der Waals surface area (Å²) in [4.78, 5) is 56.3. The van der Waals surface area contributed by atoms with Crippen molar-refractivity contribution in [1.82, 2.24) is 4.90 Å². The average molecular weight is 519 g/mol. The summed E-state index contributed by atoms with van der Waals surface area (Å²) in [5.74, 6) is -2.28. The molecule has 1 unspecified atom stereocenters. The molecular formula is C28H27ClN4O4. The Morgan fingerprint density at radius 3 is 2.24 bits per heavy atom. The van der Waals surface area contributed by atoms with Crippen molar-refractivity contribution in [3.63, 3.8) is 0 Å². The van der Waals surface area contributed by atoms with Crippen LogP contribution in [-0.4, -0.2) is 55.1 Å². The third-order valence-electron chi connectivity index (χ3n) is 6.26. The van der Waals surface area contributed by atoms with Crippen molar-refractivity contribution in [2.45, 2.75) is 19.5 Å². The van der Waals surface area contributed by atoms with Gasteiger partial charge in [-0.15, -0.1) is 0 Å². The van der Waals surface area contributed by atoms with Gasteiger partial charge in [0.05, 0.1) is 11.3 Å². The number of halogens is 1. The van der Waals surface area contributed by atoms with Gasteiger partial charge < -0.3 is 15.1 Å². The number of amides is 3. The molecule has 1 heterocycles. The van der Waals surface area contributed by atoms with Crippen molar-refractivity contribution in [3.05, 3.63) is 88.9 Å². The summed E-state index contributed by atoms with van der Waals surface area (Å²) in [6, 6.07) is 20.0. The molecule has 0 saturated carbocycles. The molecule has 1 N–H and O–H groups in total. The Kier molecular flexibility index (Phi) is 7.59. The number of Topliss-reactive ketones (excluding diaryl/α,β-unsaturated/α-hetero) is 1. The number of anilines is 3. The molecule has 1 atom stereocenters. The quantitative estimate of drug-likeness (QED) is 0.455. The van der Waals surface area contributed by atoms with Crippen LogP contribution in [0.15, 0.2) is 72.8 Å². The molecule has 190 valence electrons. The Morgan fingerprint density at radius 2 is 1.59 bits per heavy atom. The SMILES string of the molecule is CC(C(=O)Nc1ccc(N(C)C)cc1)N(Cc1ccc(Cl)cc1)C(=O)CN1C(=O)C(=O)c2ccccc21. The summed E-state index contributed by atoms with van der Waals surface area (Å²) >= 11 is 6.01. The summed E-state index contributed by atoms with van der Waals surface area (Å²) < 4.78 is 0. The van der Waals surface area contributed by atoms with Gasteiger partial charge in [-0.1, -0.05) is 35.9 Å². The Bertz CT molecular complexity index is 1340. The second-order valence-corrected chi connectivity index (χ2v) is 9.43. The van der Waals surface area contributed by atoms with E-state index in [9.17, 15) is 19.2 Å². The van der Waals surface area contributed by atoms with Gasteiger partial charge in [0.25, 0.3) is 11.7 Å². The molecule has 3 aromatic rings. The highest BCUT2D eigenvalue weighted by molar-refractivity contribution is 6.52. The number of hydrogen-bond donors (Lipinski definition) is 1. The number of rotatable bonds is 8. The molecule has 4 rings (SSSR count). The largest absolute Gasteiger partial charge is 0.378 e. The smallest absolute Gasteiger partial charge is 0.299 e. The van der Waals surface area contributed by atoms with Crippen LogP contribution in [0, 0.1) is 0 Å². The van der Waals surface area contributed by atoms with Crippen LogP contribution in [-0.2, 0) is 20.9 Å². The van der Waals surface area contributed by atoms with Crippen molar-refractivity contribution in [3.8, 4) is 0 Å². The van der Waals surface area contributed by atoms with Crippen LogP contribution in [0.4, 0.5) is 17.1 Å². The lowest BCUT2D eigenvalue weighted by Gasteiger charge is -2.30. The minimum atomic E-state index is -0.875. The molecule has 1 aliphatic rings. The number of ketones is 1. The van der Waals surface area contributed by atoms with E-state index in [1.807, 2.05) is 31.1 Å². The minimum Gasteiger partial charge on any atom is -0.378 e. The number of hydrogen-bond acceptors (Lipinski definition) is 5. The first-order valence-corrected chi connectivity index (χ1v) is 12.1. The monoisotopic (exact) mass is 518 g/mol. The number of para-hydroxylation sites is 1. The van der Waals surface area contributed by atoms with E-state index in [1.165, 1.54) is 9.80 Å². The van der Waals surface area contributed by atoms with E-state index in [2.05, 4.69) is 5.32 Å². The lowest BCUT2D eigenvalue weighted by atomic mass is 10.1. The van der Waals surface area contributed by atoms with E-state index in [0.29, 0.717) is 16.4 Å². The highest BCUT2D eigenvalue weighted by Crippen LogP contribution is 2.28. The Morgan fingerprint density at radius 1 is 0.946 bits per heavy atom. The van der Waals surface area contributed by atoms with E-state index in [1.54, 1.807) is 67.6 Å².